The number of benzene rings is 2. The molecule has 2 fully saturated rings. The van der Waals surface area contributed by atoms with Crippen molar-refractivity contribution in [1.82, 2.24) is 10.2 Å². The highest BCUT2D eigenvalue weighted by molar-refractivity contribution is 5.90. The largest absolute Gasteiger partial charge is 0.423 e. The zero-order valence-corrected chi connectivity index (χ0v) is 19.7. The summed E-state index contributed by atoms with van der Waals surface area (Å²) in [5.74, 6) is -0.816. The Kier molecular flexibility index (Phi) is 7.50. The van der Waals surface area contributed by atoms with Gasteiger partial charge in [-0.1, -0.05) is 37.3 Å². The van der Waals surface area contributed by atoms with E-state index in [4.69, 9.17) is 10.5 Å². The van der Waals surface area contributed by atoms with E-state index in [9.17, 15) is 14.4 Å². The Balaban J connectivity index is 1.33. The van der Waals surface area contributed by atoms with Crippen LogP contribution in [0, 0.1) is 5.82 Å². The predicted octanol–water partition coefficient (Wildman–Crippen LogP) is 1.85. The quantitative estimate of drug-likeness (QED) is 0.622. The fourth-order valence-corrected chi connectivity index (χ4v) is 4.31. The van der Waals surface area contributed by atoms with E-state index in [0.717, 1.165) is 5.56 Å². The lowest BCUT2D eigenvalue weighted by Gasteiger charge is -2.37. The number of carbonyl (C=O) groups excluding carboxylic acids is 3. The summed E-state index contributed by atoms with van der Waals surface area (Å²) in [6, 6.07) is 13.6. The van der Waals surface area contributed by atoms with Crippen molar-refractivity contribution in [3.8, 4) is 0 Å². The number of hydrogen-bond acceptors (Lipinski definition) is 6. The molecular weight excluding hydrogens is 453 g/mol. The first-order valence-corrected chi connectivity index (χ1v) is 11.8. The van der Waals surface area contributed by atoms with Crippen LogP contribution in [-0.4, -0.2) is 67.8 Å². The van der Waals surface area contributed by atoms with Crippen molar-refractivity contribution >= 4 is 29.3 Å². The van der Waals surface area contributed by atoms with Gasteiger partial charge in [-0.2, -0.15) is 0 Å². The first-order chi connectivity index (χ1) is 16.9. The monoisotopic (exact) mass is 483 g/mol. The van der Waals surface area contributed by atoms with Crippen molar-refractivity contribution in [2.45, 2.75) is 32.0 Å². The number of nitrogens with zero attached hydrogens (tertiary/aromatic N) is 3. The van der Waals surface area contributed by atoms with Crippen molar-refractivity contribution in [2.75, 3.05) is 42.5 Å². The van der Waals surface area contributed by atoms with Gasteiger partial charge in [0.2, 0.25) is 11.8 Å². The number of halogens is 1. The molecule has 10 heteroatoms. The van der Waals surface area contributed by atoms with Gasteiger partial charge < -0.3 is 25.6 Å². The minimum Gasteiger partial charge on any atom is -0.423 e. The third-order valence-corrected chi connectivity index (χ3v) is 6.25. The molecule has 2 aliphatic heterocycles. The zero-order valence-electron chi connectivity index (χ0n) is 19.7. The molecule has 0 radical (unpaired) electrons. The van der Waals surface area contributed by atoms with E-state index in [1.807, 2.05) is 35.2 Å². The fraction of sp³-hybridized carbons (Fsp3) is 0.400. The third kappa shape index (κ3) is 5.71. The van der Waals surface area contributed by atoms with E-state index in [1.165, 1.54) is 11.0 Å². The SMILES string of the molecule is CCC(=O)NC1CN(c2ccc(N3CCN(C(=O)[C@@H](N)Cc4ccccc4)CC3)c(F)c2)C(=O)O1. The van der Waals surface area contributed by atoms with Gasteiger partial charge in [0.15, 0.2) is 6.23 Å². The topological polar surface area (TPSA) is 108 Å². The second kappa shape index (κ2) is 10.7. The van der Waals surface area contributed by atoms with E-state index >= 15 is 4.39 Å². The maximum Gasteiger partial charge on any atom is 0.416 e. The molecule has 3 amide bonds. The molecule has 2 aliphatic rings. The molecule has 2 heterocycles. The summed E-state index contributed by atoms with van der Waals surface area (Å²) in [5, 5.41) is 2.60. The summed E-state index contributed by atoms with van der Waals surface area (Å²) in [4.78, 5) is 41.4. The first-order valence-electron chi connectivity index (χ1n) is 11.8. The molecule has 3 N–H and O–H groups in total. The Morgan fingerprint density at radius 3 is 2.51 bits per heavy atom. The maximum absolute atomic E-state index is 15.0. The van der Waals surface area contributed by atoms with Gasteiger partial charge in [-0.05, 0) is 30.2 Å². The van der Waals surface area contributed by atoms with Crippen molar-refractivity contribution in [1.29, 1.82) is 0 Å². The lowest BCUT2D eigenvalue weighted by molar-refractivity contribution is -0.132. The number of cyclic esters (lactones) is 1. The lowest BCUT2D eigenvalue weighted by atomic mass is 10.1. The number of amides is 3. The lowest BCUT2D eigenvalue weighted by Crippen LogP contribution is -2.53. The molecule has 0 spiro atoms. The van der Waals surface area contributed by atoms with Gasteiger partial charge in [-0.3, -0.25) is 14.5 Å². The molecule has 0 bridgehead atoms. The van der Waals surface area contributed by atoms with Gasteiger partial charge in [-0.15, -0.1) is 0 Å². The highest BCUT2D eigenvalue weighted by Gasteiger charge is 2.34. The van der Waals surface area contributed by atoms with Crippen LogP contribution in [0.3, 0.4) is 0 Å². The second-order valence-corrected chi connectivity index (χ2v) is 8.65. The molecule has 9 nitrogen and oxygen atoms in total. The number of ether oxygens (including phenoxy) is 1. The highest BCUT2D eigenvalue weighted by Crippen LogP contribution is 2.28. The van der Waals surface area contributed by atoms with Crippen LogP contribution in [0.2, 0.25) is 0 Å². The summed E-state index contributed by atoms with van der Waals surface area (Å²) < 4.78 is 20.2. The molecule has 0 aromatic heterocycles. The Morgan fingerprint density at radius 1 is 1.14 bits per heavy atom. The molecule has 2 aromatic rings. The van der Waals surface area contributed by atoms with Crippen LogP contribution in [0.4, 0.5) is 20.6 Å². The number of piperazine rings is 1. The van der Waals surface area contributed by atoms with Crippen LogP contribution in [0.5, 0.6) is 0 Å². The van der Waals surface area contributed by atoms with E-state index in [-0.39, 0.29) is 24.8 Å². The predicted molar refractivity (Wildman–Crippen MR) is 129 cm³/mol. The summed E-state index contributed by atoms with van der Waals surface area (Å²) >= 11 is 0. The first kappa shape index (κ1) is 24.5. The standard InChI is InChI=1S/C25H30FN5O4/c1-2-22(32)28-23-16-31(25(34)35-23)18-8-9-21(19(26)15-18)29-10-12-30(13-11-29)24(33)20(27)14-17-6-4-3-5-7-17/h3-9,15,20,23H,2,10-14,16,27H2,1H3,(H,28,32)/t20-,23?/m0/s1. The Hall–Kier alpha value is -3.66. The van der Waals surface area contributed by atoms with E-state index in [2.05, 4.69) is 5.32 Å². The van der Waals surface area contributed by atoms with E-state index in [0.29, 0.717) is 44.0 Å². The van der Waals surface area contributed by atoms with Gasteiger partial charge in [0.1, 0.15) is 5.82 Å². The number of anilines is 2. The molecule has 0 aliphatic carbocycles. The Morgan fingerprint density at radius 2 is 1.86 bits per heavy atom. The second-order valence-electron chi connectivity index (χ2n) is 8.65. The van der Waals surface area contributed by atoms with Crippen LogP contribution >= 0.6 is 0 Å². The van der Waals surface area contributed by atoms with Crippen LogP contribution in [0.1, 0.15) is 18.9 Å². The molecule has 2 aromatic carbocycles. The fourth-order valence-electron chi connectivity index (χ4n) is 4.31. The van der Waals surface area contributed by atoms with Gasteiger partial charge in [0, 0.05) is 32.6 Å². The maximum atomic E-state index is 15.0. The van der Waals surface area contributed by atoms with Gasteiger partial charge in [0.05, 0.1) is 24.0 Å². The normalized spacial score (nSPS) is 18.9. The summed E-state index contributed by atoms with van der Waals surface area (Å²) in [6.45, 7) is 3.63. The van der Waals surface area contributed by atoms with Crippen LogP contribution in [0.15, 0.2) is 48.5 Å². The number of carbonyl (C=O) groups is 3. The van der Waals surface area contributed by atoms with Crippen molar-refractivity contribution in [3.05, 3.63) is 59.9 Å². The number of nitrogens with two attached hydrogens (primary N) is 1. The average molecular weight is 484 g/mol. The third-order valence-electron chi connectivity index (χ3n) is 6.25. The summed E-state index contributed by atoms with van der Waals surface area (Å²) in [5.41, 5.74) is 7.91. The van der Waals surface area contributed by atoms with Crippen molar-refractivity contribution in [3.63, 3.8) is 0 Å². The summed E-state index contributed by atoms with van der Waals surface area (Å²) in [7, 11) is 0. The van der Waals surface area contributed by atoms with Gasteiger partial charge in [0.25, 0.3) is 0 Å². The molecule has 35 heavy (non-hydrogen) atoms. The van der Waals surface area contributed by atoms with Gasteiger partial charge in [-0.25, -0.2) is 9.18 Å². The molecule has 4 rings (SSSR count). The highest BCUT2D eigenvalue weighted by atomic mass is 19.1. The number of hydrogen-bond donors (Lipinski definition) is 2. The molecular formula is C25H30FN5O4. The number of nitrogens with one attached hydrogen (secondary N) is 1. The van der Waals surface area contributed by atoms with E-state index in [1.54, 1.807) is 24.0 Å². The van der Waals surface area contributed by atoms with Crippen molar-refractivity contribution < 1.29 is 23.5 Å². The molecule has 2 atom stereocenters. The molecule has 1 unspecified atom stereocenters. The van der Waals surface area contributed by atoms with Crippen LogP contribution in [-0.2, 0) is 20.7 Å². The van der Waals surface area contributed by atoms with E-state index < -0.39 is 24.2 Å². The average Bonchev–Trinajstić information content (AvgIpc) is 3.23. The molecule has 186 valence electrons. The Bertz CT molecular complexity index is 1070. The van der Waals surface area contributed by atoms with Crippen LogP contribution in [0.25, 0.3) is 0 Å². The van der Waals surface area contributed by atoms with Crippen molar-refractivity contribution in [2.24, 2.45) is 5.73 Å². The zero-order chi connectivity index (χ0) is 24.9. The van der Waals surface area contributed by atoms with Crippen LogP contribution < -0.4 is 20.9 Å². The minimum absolute atomic E-state index is 0.105. The smallest absolute Gasteiger partial charge is 0.416 e. The number of rotatable bonds is 7. The van der Waals surface area contributed by atoms with Gasteiger partial charge >= 0.3 is 6.09 Å². The molecule has 0 saturated carbocycles. The Labute approximate surface area is 203 Å². The molecule has 2 saturated heterocycles. The summed E-state index contributed by atoms with van der Waals surface area (Å²) in [6.07, 6.45) is -0.665. The minimum atomic E-state index is -0.767.